The van der Waals surface area contributed by atoms with Gasteiger partial charge < -0.3 is 10.5 Å². The molecule has 6 nitrogen and oxygen atoms in total. The van der Waals surface area contributed by atoms with Crippen molar-refractivity contribution in [1.29, 1.82) is 0 Å². The quantitative estimate of drug-likeness (QED) is 0.759. The number of nitrogen functional groups attached to an aromatic ring is 1. The van der Waals surface area contributed by atoms with Gasteiger partial charge in [-0.15, -0.1) is 0 Å². The molecule has 0 amide bonds. The number of benzene rings is 1. The van der Waals surface area contributed by atoms with Crippen LogP contribution in [0.1, 0.15) is 0 Å². The van der Waals surface area contributed by atoms with E-state index in [1.807, 2.05) is 0 Å². The zero-order valence-electron chi connectivity index (χ0n) is 11.0. The molecule has 112 valence electrons. The number of nitrogens with two attached hydrogens (primary N) is 1. The molecule has 0 atom stereocenters. The summed E-state index contributed by atoms with van der Waals surface area (Å²) < 4.78 is 32.3. The fourth-order valence-corrected chi connectivity index (χ4v) is 2.60. The Morgan fingerprint density at radius 3 is 2.76 bits per heavy atom. The fourth-order valence-electron chi connectivity index (χ4n) is 1.52. The number of aromatic nitrogens is 1. The van der Waals surface area contributed by atoms with E-state index in [0.717, 1.165) is 4.47 Å². The van der Waals surface area contributed by atoms with Crippen molar-refractivity contribution in [2.45, 2.75) is 0 Å². The van der Waals surface area contributed by atoms with Gasteiger partial charge >= 0.3 is 0 Å². The van der Waals surface area contributed by atoms with E-state index < -0.39 is 10.0 Å². The van der Waals surface area contributed by atoms with Gasteiger partial charge in [0.15, 0.2) is 0 Å². The second kappa shape index (κ2) is 6.77. The van der Waals surface area contributed by atoms with Crippen LogP contribution in [0.5, 0.6) is 5.75 Å². The summed E-state index contributed by atoms with van der Waals surface area (Å²) in [5, 5.41) is 0. The SMILES string of the molecule is Nc1cccc(OCCS(=O)(=O)Nc2ccc(Br)cn2)c1. The van der Waals surface area contributed by atoms with Crippen LogP contribution in [0.15, 0.2) is 47.1 Å². The Balaban J connectivity index is 1.88. The lowest BCUT2D eigenvalue weighted by Crippen LogP contribution is -2.21. The Labute approximate surface area is 131 Å². The van der Waals surface area contributed by atoms with Crippen molar-refractivity contribution in [3.63, 3.8) is 0 Å². The zero-order valence-corrected chi connectivity index (χ0v) is 13.4. The van der Waals surface area contributed by atoms with Crippen molar-refractivity contribution in [2.24, 2.45) is 0 Å². The third kappa shape index (κ3) is 5.24. The van der Waals surface area contributed by atoms with Crippen molar-refractivity contribution in [2.75, 3.05) is 22.8 Å². The maximum atomic E-state index is 11.9. The van der Waals surface area contributed by atoms with Gasteiger partial charge in [0.05, 0.1) is 0 Å². The van der Waals surface area contributed by atoms with Gasteiger partial charge in [-0.2, -0.15) is 0 Å². The summed E-state index contributed by atoms with van der Waals surface area (Å²) in [5.41, 5.74) is 6.17. The maximum Gasteiger partial charge on any atom is 0.237 e. The van der Waals surface area contributed by atoms with Gasteiger partial charge in [-0.25, -0.2) is 13.4 Å². The Kier molecular flexibility index (Phi) is 5.03. The highest BCUT2D eigenvalue weighted by molar-refractivity contribution is 9.10. The maximum absolute atomic E-state index is 11.9. The molecule has 0 saturated carbocycles. The molecule has 0 aliphatic rings. The molecule has 1 aromatic heterocycles. The first-order valence-corrected chi connectivity index (χ1v) is 8.49. The molecule has 0 spiro atoms. The van der Waals surface area contributed by atoms with E-state index in [1.165, 1.54) is 6.20 Å². The molecule has 21 heavy (non-hydrogen) atoms. The van der Waals surface area contributed by atoms with Gasteiger partial charge in [-0.3, -0.25) is 4.72 Å². The summed E-state index contributed by atoms with van der Waals surface area (Å²) >= 11 is 3.23. The molecule has 0 bridgehead atoms. The molecule has 1 heterocycles. The van der Waals surface area contributed by atoms with Crippen molar-refractivity contribution >= 4 is 37.5 Å². The highest BCUT2D eigenvalue weighted by Gasteiger charge is 2.11. The van der Waals surface area contributed by atoms with Gasteiger partial charge in [0.25, 0.3) is 0 Å². The molecular formula is C13H14BrN3O3S. The molecule has 0 unspecified atom stereocenters. The first-order valence-electron chi connectivity index (χ1n) is 6.05. The summed E-state index contributed by atoms with van der Waals surface area (Å²) in [7, 11) is -3.51. The molecule has 0 radical (unpaired) electrons. The summed E-state index contributed by atoms with van der Waals surface area (Å²) in [6, 6.07) is 10.1. The molecule has 0 aliphatic carbocycles. The van der Waals surface area contributed by atoms with Gasteiger partial charge in [0.1, 0.15) is 23.9 Å². The van der Waals surface area contributed by atoms with Gasteiger partial charge in [0, 0.05) is 22.4 Å². The Morgan fingerprint density at radius 2 is 2.10 bits per heavy atom. The van der Waals surface area contributed by atoms with E-state index >= 15 is 0 Å². The van der Waals surface area contributed by atoms with Crippen LogP contribution in [0.4, 0.5) is 11.5 Å². The minimum atomic E-state index is -3.51. The van der Waals surface area contributed by atoms with Crippen molar-refractivity contribution < 1.29 is 13.2 Å². The minimum Gasteiger partial charge on any atom is -0.492 e. The van der Waals surface area contributed by atoms with Crippen molar-refractivity contribution in [3.05, 3.63) is 47.1 Å². The highest BCUT2D eigenvalue weighted by atomic mass is 79.9. The third-order valence-corrected chi connectivity index (χ3v) is 4.16. The van der Waals surface area contributed by atoms with E-state index in [4.69, 9.17) is 10.5 Å². The lowest BCUT2D eigenvalue weighted by atomic mass is 10.3. The van der Waals surface area contributed by atoms with Crippen LogP contribution in [0.2, 0.25) is 0 Å². The number of anilines is 2. The third-order valence-electron chi connectivity index (χ3n) is 2.47. The molecular weight excluding hydrogens is 358 g/mol. The van der Waals surface area contributed by atoms with Crippen LogP contribution in [-0.4, -0.2) is 25.8 Å². The number of hydrogen-bond donors (Lipinski definition) is 2. The monoisotopic (exact) mass is 371 g/mol. The average molecular weight is 372 g/mol. The van der Waals surface area contributed by atoms with Crippen LogP contribution < -0.4 is 15.2 Å². The summed E-state index contributed by atoms with van der Waals surface area (Å²) in [4.78, 5) is 3.95. The van der Waals surface area contributed by atoms with Crippen LogP contribution >= 0.6 is 15.9 Å². The minimum absolute atomic E-state index is 0.0231. The number of nitrogens with zero attached hydrogens (tertiary/aromatic N) is 1. The largest absolute Gasteiger partial charge is 0.492 e. The number of hydrogen-bond acceptors (Lipinski definition) is 5. The molecule has 3 N–H and O–H groups in total. The Morgan fingerprint density at radius 1 is 1.29 bits per heavy atom. The van der Waals surface area contributed by atoms with Crippen molar-refractivity contribution in [3.8, 4) is 5.75 Å². The average Bonchev–Trinajstić information content (AvgIpc) is 2.41. The fraction of sp³-hybridized carbons (Fsp3) is 0.154. The smallest absolute Gasteiger partial charge is 0.237 e. The number of pyridine rings is 1. The Bertz CT molecular complexity index is 705. The van der Waals surface area contributed by atoms with Crippen LogP contribution in [-0.2, 0) is 10.0 Å². The number of ether oxygens (including phenoxy) is 1. The number of nitrogens with one attached hydrogen (secondary N) is 1. The Hall–Kier alpha value is -1.80. The number of rotatable bonds is 6. The predicted octanol–water partition coefficient (Wildman–Crippen LogP) is 2.25. The number of halogens is 1. The van der Waals surface area contributed by atoms with E-state index in [-0.39, 0.29) is 18.2 Å². The molecule has 2 aromatic rings. The topological polar surface area (TPSA) is 94.3 Å². The van der Waals surface area contributed by atoms with E-state index in [1.54, 1.807) is 36.4 Å². The molecule has 0 saturated heterocycles. The van der Waals surface area contributed by atoms with Crippen molar-refractivity contribution in [1.82, 2.24) is 4.98 Å². The lowest BCUT2D eigenvalue weighted by Gasteiger charge is -2.09. The van der Waals surface area contributed by atoms with Gasteiger partial charge in [-0.05, 0) is 40.2 Å². The molecule has 1 aromatic carbocycles. The summed E-state index contributed by atoms with van der Waals surface area (Å²) in [5.74, 6) is 0.619. The second-order valence-electron chi connectivity index (χ2n) is 4.20. The summed E-state index contributed by atoms with van der Waals surface area (Å²) in [6.45, 7) is 0.0231. The predicted molar refractivity (Wildman–Crippen MR) is 85.7 cm³/mol. The number of sulfonamides is 1. The first-order chi connectivity index (χ1) is 9.94. The van der Waals surface area contributed by atoms with Crippen LogP contribution in [0, 0.1) is 0 Å². The zero-order chi connectivity index (χ0) is 15.3. The van der Waals surface area contributed by atoms with Gasteiger partial charge in [-0.1, -0.05) is 6.07 Å². The normalized spacial score (nSPS) is 11.1. The van der Waals surface area contributed by atoms with Crippen LogP contribution in [0.25, 0.3) is 0 Å². The lowest BCUT2D eigenvalue weighted by molar-refractivity contribution is 0.341. The standard InChI is InChI=1S/C13H14BrN3O3S/c14-10-4-5-13(16-9-10)17-21(18,19)7-6-20-12-3-1-2-11(15)8-12/h1-5,8-9H,6-7,15H2,(H,16,17). The van der Waals surface area contributed by atoms with Crippen LogP contribution in [0.3, 0.4) is 0 Å². The first kappa shape index (κ1) is 15.6. The highest BCUT2D eigenvalue weighted by Crippen LogP contribution is 2.15. The molecule has 0 fully saturated rings. The van der Waals surface area contributed by atoms with E-state index in [2.05, 4.69) is 25.6 Å². The second-order valence-corrected chi connectivity index (χ2v) is 6.96. The van der Waals surface area contributed by atoms with E-state index in [9.17, 15) is 8.42 Å². The molecule has 0 aliphatic heterocycles. The summed E-state index contributed by atoms with van der Waals surface area (Å²) in [6.07, 6.45) is 1.51. The van der Waals surface area contributed by atoms with E-state index in [0.29, 0.717) is 11.4 Å². The molecule has 2 rings (SSSR count). The molecule has 8 heteroatoms. The van der Waals surface area contributed by atoms with Gasteiger partial charge in [0.2, 0.25) is 10.0 Å².